The summed E-state index contributed by atoms with van der Waals surface area (Å²) in [5.74, 6) is -2.55. The summed E-state index contributed by atoms with van der Waals surface area (Å²) in [6.45, 7) is 6.56. The fraction of sp³-hybridized carbons (Fsp3) is 1.00. The molecule has 0 bridgehead atoms. The van der Waals surface area contributed by atoms with Crippen molar-refractivity contribution in [3.8, 4) is 0 Å². The van der Waals surface area contributed by atoms with Gasteiger partial charge in [-0.05, 0) is 19.3 Å². The van der Waals surface area contributed by atoms with Crippen LogP contribution in [0, 0.1) is 5.41 Å². The minimum absolute atomic E-state index is 0.719. The molecule has 0 aromatic heterocycles. The summed E-state index contributed by atoms with van der Waals surface area (Å²) in [7, 11) is 0. The highest BCUT2D eigenvalue weighted by Crippen LogP contribution is 2.44. The van der Waals surface area contributed by atoms with Crippen molar-refractivity contribution in [1.82, 2.24) is 0 Å². The Balaban J connectivity index is 4.72. The van der Waals surface area contributed by atoms with Crippen molar-refractivity contribution in [3.05, 3.63) is 0 Å². The minimum Gasteiger partial charge on any atom is -0.343 e. The third-order valence-electron chi connectivity index (χ3n) is 5.49. The van der Waals surface area contributed by atoms with Gasteiger partial charge in [0.15, 0.2) is 0 Å². The van der Waals surface area contributed by atoms with Gasteiger partial charge < -0.3 is 15.3 Å². The summed E-state index contributed by atoms with van der Waals surface area (Å²) in [5.41, 5.74) is -0.749. The molecule has 3 nitrogen and oxygen atoms in total. The zero-order chi connectivity index (χ0) is 18.3. The summed E-state index contributed by atoms with van der Waals surface area (Å²) >= 11 is 0. The summed E-state index contributed by atoms with van der Waals surface area (Å²) < 4.78 is 0. The second-order valence-corrected chi connectivity index (χ2v) is 7.70. The predicted octanol–water partition coefficient (Wildman–Crippen LogP) is 5.90. The molecule has 24 heavy (non-hydrogen) atoms. The van der Waals surface area contributed by atoms with E-state index < -0.39 is 11.4 Å². The van der Waals surface area contributed by atoms with Gasteiger partial charge in [0.05, 0.1) is 5.41 Å². The fourth-order valence-corrected chi connectivity index (χ4v) is 3.73. The molecular weight excluding hydrogens is 300 g/mol. The quantitative estimate of drug-likeness (QED) is 0.227. The molecule has 0 fully saturated rings. The van der Waals surface area contributed by atoms with Gasteiger partial charge in [0.2, 0.25) is 0 Å². The monoisotopic (exact) mass is 344 g/mol. The molecule has 3 N–H and O–H groups in total. The van der Waals surface area contributed by atoms with Crippen molar-refractivity contribution in [3.63, 3.8) is 0 Å². The third-order valence-corrected chi connectivity index (χ3v) is 5.49. The van der Waals surface area contributed by atoms with E-state index in [9.17, 15) is 15.3 Å². The lowest BCUT2D eigenvalue weighted by molar-refractivity contribution is -0.380. The van der Waals surface area contributed by atoms with E-state index in [1.54, 1.807) is 0 Å². The Labute approximate surface area is 150 Å². The van der Waals surface area contributed by atoms with Gasteiger partial charge in [0.25, 0.3) is 5.97 Å². The molecule has 0 aliphatic heterocycles. The summed E-state index contributed by atoms with van der Waals surface area (Å²) in [6, 6.07) is 0. The topological polar surface area (TPSA) is 60.7 Å². The zero-order valence-electron chi connectivity index (χ0n) is 16.7. The second kappa shape index (κ2) is 14.1. The van der Waals surface area contributed by atoms with Crippen LogP contribution in [0.15, 0.2) is 0 Å². The van der Waals surface area contributed by atoms with Crippen LogP contribution in [-0.2, 0) is 0 Å². The average molecular weight is 345 g/mol. The van der Waals surface area contributed by atoms with Crippen LogP contribution in [0.4, 0.5) is 0 Å². The largest absolute Gasteiger partial charge is 0.343 e. The number of aliphatic hydroxyl groups is 3. The Morgan fingerprint density at radius 2 is 0.750 bits per heavy atom. The second-order valence-electron chi connectivity index (χ2n) is 7.70. The molecule has 0 spiro atoms. The van der Waals surface area contributed by atoms with Crippen LogP contribution in [0.2, 0.25) is 0 Å². The molecule has 0 saturated heterocycles. The first-order chi connectivity index (χ1) is 11.4. The summed E-state index contributed by atoms with van der Waals surface area (Å²) in [5, 5.41) is 30.5. The van der Waals surface area contributed by atoms with E-state index in [1.165, 1.54) is 44.9 Å². The predicted molar refractivity (Wildman–Crippen MR) is 103 cm³/mol. The maximum atomic E-state index is 10.2. The van der Waals surface area contributed by atoms with Crippen molar-refractivity contribution in [1.29, 1.82) is 0 Å². The van der Waals surface area contributed by atoms with Crippen LogP contribution in [0.25, 0.3) is 0 Å². The average Bonchev–Trinajstić information content (AvgIpc) is 2.53. The molecule has 3 heteroatoms. The highest BCUT2D eigenvalue weighted by molar-refractivity contribution is 4.85. The van der Waals surface area contributed by atoms with Gasteiger partial charge in [0.1, 0.15) is 0 Å². The molecule has 0 aliphatic carbocycles. The SMILES string of the molecule is CCCCCCCC(CCCCCC)(CCCCCC)C(O)(O)O. The number of rotatable bonds is 17. The zero-order valence-corrected chi connectivity index (χ0v) is 16.7. The molecule has 146 valence electrons. The van der Waals surface area contributed by atoms with Crippen LogP contribution in [0.1, 0.15) is 124 Å². The smallest absolute Gasteiger partial charge is 0.281 e. The third kappa shape index (κ3) is 10.0. The normalized spacial score (nSPS) is 12.8. The van der Waals surface area contributed by atoms with Gasteiger partial charge in [-0.3, -0.25) is 0 Å². The van der Waals surface area contributed by atoms with Gasteiger partial charge in [-0.1, -0.05) is 104 Å². The van der Waals surface area contributed by atoms with Crippen LogP contribution >= 0.6 is 0 Å². The fourth-order valence-electron chi connectivity index (χ4n) is 3.73. The molecule has 0 unspecified atom stereocenters. The Bertz CT molecular complexity index is 259. The summed E-state index contributed by atoms with van der Waals surface area (Å²) in [6.07, 6.45) is 16.8. The maximum absolute atomic E-state index is 10.2. The lowest BCUT2D eigenvalue weighted by Crippen LogP contribution is -2.48. The van der Waals surface area contributed by atoms with E-state index in [0.29, 0.717) is 0 Å². The van der Waals surface area contributed by atoms with E-state index in [0.717, 1.165) is 57.8 Å². The molecule has 0 aromatic carbocycles. The Morgan fingerprint density at radius 3 is 1.04 bits per heavy atom. The van der Waals surface area contributed by atoms with E-state index in [1.807, 2.05) is 0 Å². The Hall–Kier alpha value is -0.120. The molecule has 0 heterocycles. The van der Waals surface area contributed by atoms with E-state index in [-0.39, 0.29) is 0 Å². The Kier molecular flexibility index (Phi) is 14.0. The summed E-state index contributed by atoms with van der Waals surface area (Å²) in [4.78, 5) is 0. The van der Waals surface area contributed by atoms with Gasteiger partial charge in [-0.15, -0.1) is 0 Å². The van der Waals surface area contributed by atoms with Crippen molar-refractivity contribution in [2.75, 3.05) is 0 Å². The molecule has 0 saturated carbocycles. The molecule has 0 aliphatic rings. The van der Waals surface area contributed by atoms with Crippen molar-refractivity contribution in [2.24, 2.45) is 5.41 Å². The molecule has 0 atom stereocenters. The number of hydrogen-bond acceptors (Lipinski definition) is 3. The van der Waals surface area contributed by atoms with Crippen molar-refractivity contribution >= 4 is 0 Å². The Morgan fingerprint density at radius 1 is 0.458 bits per heavy atom. The van der Waals surface area contributed by atoms with Crippen molar-refractivity contribution in [2.45, 2.75) is 129 Å². The van der Waals surface area contributed by atoms with Gasteiger partial charge in [-0.25, -0.2) is 0 Å². The van der Waals surface area contributed by atoms with E-state index in [2.05, 4.69) is 20.8 Å². The van der Waals surface area contributed by atoms with Crippen LogP contribution in [-0.4, -0.2) is 21.3 Å². The first-order valence-corrected chi connectivity index (χ1v) is 10.6. The molecule has 0 radical (unpaired) electrons. The molecule has 0 rings (SSSR count). The number of hydrogen-bond donors (Lipinski definition) is 3. The van der Waals surface area contributed by atoms with Crippen LogP contribution in [0.3, 0.4) is 0 Å². The van der Waals surface area contributed by atoms with Crippen LogP contribution < -0.4 is 0 Å². The highest BCUT2D eigenvalue weighted by Gasteiger charge is 2.46. The van der Waals surface area contributed by atoms with Gasteiger partial charge in [-0.2, -0.15) is 0 Å². The highest BCUT2D eigenvalue weighted by atomic mass is 16.7. The first-order valence-electron chi connectivity index (χ1n) is 10.6. The minimum atomic E-state index is -2.55. The molecule has 0 amide bonds. The van der Waals surface area contributed by atoms with Gasteiger partial charge >= 0.3 is 0 Å². The standard InChI is InChI=1S/C21H44O3/c1-4-7-10-13-16-19-20(21(22,23)24,17-14-11-8-5-2)18-15-12-9-6-3/h22-24H,4-19H2,1-3H3. The molecule has 0 aromatic rings. The first kappa shape index (κ1) is 23.9. The van der Waals surface area contributed by atoms with Gasteiger partial charge in [0, 0.05) is 0 Å². The van der Waals surface area contributed by atoms with Crippen molar-refractivity contribution < 1.29 is 15.3 Å². The van der Waals surface area contributed by atoms with E-state index in [4.69, 9.17) is 0 Å². The lowest BCUT2D eigenvalue weighted by atomic mass is 9.71. The van der Waals surface area contributed by atoms with E-state index >= 15 is 0 Å². The number of unbranched alkanes of at least 4 members (excludes halogenated alkanes) is 10. The maximum Gasteiger partial charge on any atom is 0.281 e. The molecular formula is C21H44O3. The van der Waals surface area contributed by atoms with Crippen LogP contribution in [0.5, 0.6) is 0 Å². The lowest BCUT2D eigenvalue weighted by Gasteiger charge is -2.41.